The minimum absolute atomic E-state index is 0.569. The average molecular weight is 272 g/mol. The Balaban J connectivity index is 1.91. The smallest absolute Gasteiger partial charge is 0.127 e. The monoisotopic (exact) mass is 271 g/mol. The third kappa shape index (κ3) is 2.29. The fourth-order valence-corrected chi connectivity index (χ4v) is 2.44. The molecule has 0 aliphatic heterocycles. The Morgan fingerprint density at radius 3 is 2.74 bits per heavy atom. The summed E-state index contributed by atoms with van der Waals surface area (Å²) in [6.45, 7) is 0. The summed E-state index contributed by atoms with van der Waals surface area (Å²) in [6.07, 6.45) is 5.42. The number of halogens is 1. The van der Waals surface area contributed by atoms with Gasteiger partial charge < -0.3 is 5.73 Å². The predicted octanol–water partition coefficient (Wildman–Crippen LogP) is 3.36. The predicted molar refractivity (Wildman–Crippen MR) is 78.5 cm³/mol. The lowest BCUT2D eigenvalue weighted by Gasteiger charge is -2.04. The van der Waals surface area contributed by atoms with Crippen molar-refractivity contribution >= 4 is 22.9 Å². The Morgan fingerprint density at radius 1 is 1.16 bits per heavy atom. The number of hydrogen-bond acceptors (Lipinski definition) is 2. The van der Waals surface area contributed by atoms with Gasteiger partial charge in [0.2, 0.25) is 0 Å². The molecule has 2 N–H and O–H groups in total. The Kier molecular flexibility index (Phi) is 3.13. The van der Waals surface area contributed by atoms with Crippen LogP contribution in [0.5, 0.6) is 0 Å². The van der Waals surface area contributed by atoms with Crippen LogP contribution in [0.3, 0.4) is 0 Å². The van der Waals surface area contributed by atoms with E-state index in [-0.39, 0.29) is 0 Å². The van der Waals surface area contributed by atoms with Crippen molar-refractivity contribution < 1.29 is 0 Å². The summed E-state index contributed by atoms with van der Waals surface area (Å²) in [4.78, 5) is 4.44. The maximum absolute atomic E-state index is 6.07. The van der Waals surface area contributed by atoms with E-state index in [0.29, 0.717) is 10.8 Å². The van der Waals surface area contributed by atoms with E-state index in [1.54, 1.807) is 6.20 Å². The van der Waals surface area contributed by atoms with Crippen molar-refractivity contribution in [2.75, 3.05) is 5.73 Å². The summed E-state index contributed by atoms with van der Waals surface area (Å²) in [5.41, 5.74) is 9.23. The number of aryl methyl sites for hydroxylation is 2. The van der Waals surface area contributed by atoms with Crippen LogP contribution in [-0.2, 0) is 12.8 Å². The van der Waals surface area contributed by atoms with Crippen molar-refractivity contribution in [2.45, 2.75) is 12.8 Å². The molecule has 0 spiro atoms. The van der Waals surface area contributed by atoms with Crippen LogP contribution in [0.4, 0.5) is 5.82 Å². The summed E-state index contributed by atoms with van der Waals surface area (Å²) in [5.74, 6) is 0.569. The first-order chi connectivity index (χ1) is 9.25. The van der Waals surface area contributed by atoms with Crippen LogP contribution < -0.4 is 5.73 Å². The molecule has 0 saturated heterocycles. The minimum atomic E-state index is 0.569. The molecule has 3 rings (SSSR count). The van der Waals surface area contributed by atoms with Crippen LogP contribution in [0.1, 0.15) is 11.3 Å². The van der Waals surface area contributed by atoms with Crippen molar-refractivity contribution in [1.29, 1.82) is 0 Å². The standard InChI is InChI=1S/C15H14ClN3/c16-12-10-14-13(18-8-9-19(14)15(12)17)7-6-11-4-2-1-3-5-11/h1-5,8-10H,6-7,17H2. The summed E-state index contributed by atoms with van der Waals surface area (Å²) in [5, 5.41) is 0.578. The van der Waals surface area contributed by atoms with E-state index >= 15 is 0 Å². The molecule has 0 amide bonds. The van der Waals surface area contributed by atoms with Gasteiger partial charge in [-0.25, -0.2) is 0 Å². The van der Waals surface area contributed by atoms with E-state index in [2.05, 4.69) is 29.2 Å². The summed E-state index contributed by atoms with van der Waals surface area (Å²) >= 11 is 6.07. The lowest BCUT2D eigenvalue weighted by atomic mass is 10.1. The Bertz CT molecular complexity index is 704. The molecule has 0 aliphatic rings. The van der Waals surface area contributed by atoms with Crippen molar-refractivity contribution in [2.24, 2.45) is 0 Å². The molecular formula is C15H14ClN3. The maximum atomic E-state index is 6.07. The maximum Gasteiger partial charge on any atom is 0.127 e. The van der Waals surface area contributed by atoms with E-state index in [1.807, 2.05) is 22.7 Å². The molecule has 96 valence electrons. The molecular weight excluding hydrogens is 258 g/mol. The number of benzene rings is 1. The zero-order chi connectivity index (χ0) is 13.2. The SMILES string of the molecule is Nc1c(Cl)cc2c(CCc3ccccc3)nccn12. The van der Waals surface area contributed by atoms with Crippen molar-refractivity contribution in [1.82, 2.24) is 9.38 Å². The van der Waals surface area contributed by atoms with E-state index in [0.717, 1.165) is 24.1 Å². The second kappa shape index (κ2) is 4.94. The molecule has 1 aromatic carbocycles. The molecule has 2 heterocycles. The quantitative estimate of drug-likeness (QED) is 0.794. The topological polar surface area (TPSA) is 43.3 Å². The van der Waals surface area contributed by atoms with Crippen molar-refractivity contribution in [3.63, 3.8) is 0 Å². The molecule has 0 aliphatic carbocycles. The zero-order valence-electron chi connectivity index (χ0n) is 10.4. The van der Waals surface area contributed by atoms with Gasteiger partial charge in [-0.3, -0.25) is 9.38 Å². The highest BCUT2D eigenvalue weighted by molar-refractivity contribution is 6.33. The molecule has 0 bridgehead atoms. The number of nitrogens with zero attached hydrogens (tertiary/aromatic N) is 2. The van der Waals surface area contributed by atoms with Gasteiger partial charge in [0, 0.05) is 12.4 Å². The number of rotatable bonds is 3. The first-order valence-electron chi connectivity index (χ1n) is 6.19. The molecule has 0 fully saturated rings. The molecule has 4 heteroatoms. The van der Waals surface area contributed by atoms with Gasteiger partial charge in [-0.05, 0) is 24.5 Å². The van der Waals surface area contributed by atoms with E-state index in [9.17, 15) is 0 Å². The molecule has 0 saturated carbocycles. The summed E-state index contributed by atoms with van der Waals surface area (Å²) in [6, 6.07) is 12.3. The fourth-order valence-electron chi connectivity index (χ4n) is 2.25. The number of nitrogen functional groups attached to an aromatic ring is 1. The molecule has 0 radical (unpaired) electrons. The second-order valence-electron chi connectivity index (χ2n) is 4.49. The van der Waals surface area contributed by atoms with Gasteiger partial charge in [0.05, 0.1) is 16.2 Å². The molecule has 3 nitrogen and oxygen atoms in total. The Hall–Kier alpha value is -2.00. The molecule has 3 aromatic rings. The number of aromatic nitrogens is 2. The molecule has 0 atom stereocenters. The minimum Gasteiger partial charge on any atom is -0.384 e. The van der Waals surface area contributed by atoms with Gasteiger partial charge in [-0.2, -0.15) is 0 Å². The highest BCUT2D eigenvalue weighted by atomic mass is 35.5. The largest absolute Gasteiger partial charge is 0.384 e. The highest BCUT2D eigenvalue weighted by Crippen LogP contribution is 2.25. The third-order valence-electron chi connectivity index (χ3n) is 3.26. The highest BCUT2D eigenvalue weighted by Gasteiger charge is 2.09. The lowest BCUT2D eigenvalue weighted by Crippen LogP contribution is -2.00. The molecule has 19 heavy (non-hydrogen) atoms. The normalized spacial score (nSPS) is 11.0. The van der Waals surface area contributed by atoms with Crippen LogP contribution in [0.2, 0.25) is 5.02 Å². The Morgan fingerprint density at radius 2 is 1.95 bits per heavy atom. The average Bonchev–Trinajstić information content (AvgIpc) is 2.74. The van der Waals surface area contributed by atoms with Crippen molar-refractivity contribution in [3.8, 4) is 0 Å². The number of anilines is 1. The lowest BCUT2D eigenvalue weighted by molar-refractivity contribution is 0.908. The number of nitrogens with two attached hydrogens (primary N) is 1. The van der Waals surface area contributed by atoms with Crippen molar-refractivity contribution in [3.05, 3.63) is 65.1 Å². The van der Waals surface area contributed by atoms with Crippen LogP contribution in [0.25, 0.3) is 5.52 Å². The van der Waals surface area contributed by atoms with Gasteiger partial charge in [0.15, 0.2) is 0 Å². The van der Waals surface area contributed by atoms with Gasteiger partial charge in [0.25, 0.3) is 0 Å². The van der Waals surface area contributed by atoms with Gasteiger partial charge in [-0.1, -0.05) is 41.9 Å². The molecule has 2 aromatic heterocycles. The van der Waals surface area contributed by atoms with Gasteiger partial charge in [0.1, 0.15) is 5.82 Å². The zero-order valence-corrected chi connectivity index (χ0v) is 11.1. The van der Waals surface area contributed by atoms with Gasteiger partial charge in [-0.15, -0.1) is 0 Å². The second-order valence-corrected chi connectivity index (χ2v) is 4.90. The molecule has 0 unspecified atom stereocenters. The van der Waals surface area contributed by atoms with E-state index in [4.69, 9.17) is 17.3 Å². The van der Waals surface area contributed by atoms with Gasteiger partial charge >= 0.3 is 0 Å². The van der Waals surface area contributed by atoms with Crippen LogP contribution >= 0.6 is 11.6 Å². The Labute approximate surface area is 116 Å². The summed E-state index contributed by atoms with van der Waals surface area (Å²) < 4.78 is 1.88. The first kappa shape index (κ1) is 12.1. The van der Waals surface area contributed by atoms with Crippen LogP contribution in [-0.4, -0.2) is 9.38 Å². The van der Waals surface area contributed by atoms with E-state index < -0.39 is 0 Å². The van der Waals surface area contributed by atoms with E-state index in [1.165, 1.54) is 5.56 Å². The number of hydrogen-bond donors (Lipinski definition) is 1. The number of fused-ring (bicyclic) bond motifs is 1. The van der Waals surface area contributed by atoms with Crippen LogP contribution in [0.15, 0.2) is 48.8 Å². The first-order valence-corrected chi connectivity index (χ1v) is 6.57. The third-order valence-corrected chi connectivity index (χ3v) is 3.57. The fraction of sp³-hybridized carbons (Fsp3) is 0.133. The summed E-state index contributed by atoms with van der Waals surface area (Å²) in [7, 11) is 0. The van der Waals surface area contributed by atoms with Crippen LogP contribution in [0, 0.1) is 0 Å².